The molecule has 0 spiro atoms. The van der Waals surface area contributed by atoms with Crippen molar-refractivity contribution >= 4 is 17.9 Å². The summed E-state index contributed by atoms with van der Waals surface area (Å²) in [6, 6.07) is 11.8. The Morgan fingerprint density at radius 1 is 1.29 bits per heavy atom. The zero-order chi connectivity index (χ0) is 15.2. The van der Waals surface area contributed by atoms with Gasteiger partial charge in [0.25, 0.3) is 0 Å². The van der Waals surface area contributed by atoms with Crippen LogP contribution in [0.1, 0.15) is 22.0 Å². The number of benzene rings is 2. The molecule has 0 saturated carbocycles. The monoisotopic (exact) mass is 306 g/mol. The molecule has 0 heterocycles. The summed E-state index contributed by atoms with van der Waals surface area (Å²) in [5, 5.41) is 10.4. The van der Waals surface area contributed by atoms with Gasteiger partial charge in [-0.25, -0.2) is 0 Å². The van der Waals surface area contributed by atoms with E-state index in [0.29, 0.717) is 33.9 Å². The third-order valence-electron chi connectivity index (χ3n) is 2.97. The van der Waals surface area contributed by atoms with Crippen LogP contribution in [0.3, 0.4) is 0 Å². The molecule has 5 heteroatoms. The molecule has 2 aromatic carbocycles. The Bertz CT molecular complexity index is 627. The molecule has 1 unspecified atom stereocenters. The molecule has 0 amide bonds. The van der Waals surface area contributed by atoms with E-state index in [2.05, 4.69) is 0 Å². The maximum absolute atomic E-state index is 10.6. The fourth-order valence-corrected chi connectivity index (χ4v) is 2.06. The SMILES string of the molecule is COc1cccc(C(O)COc2ccc(C=O)cc2Cl)c1. The molecule has 2 rings (SSSR count). The van der Waals surface area contributed by atoms with Crippen molar-refractivity contribution in [2.75, 3.05) is 13.7 Å². The molecule has 0 aliphatic carbocycles. The van der Waals surface area contributed by atoms with Crippen molar-refractivity contribution in [2.45, 2.75) is 6.10 Å². The van der Waals surface area contributed by atoms with Crippen molar-refractivity contribution in [3.8, 4) is 11.5 Å². The Kier molecular flexibility index (Phi) is 5.20. The molecule has 2 aromatic rings. The van der Waals surface area contributed by atoms with Crippen LogP contribution < -0.4 is 9.47 Å². The molecule has 0 radical (unpaired) electrons. The highest BCUT2D eigenvalue weighted by atomic mass is 35.5. The van der Waals surface area contributed by atoms with Crippen LogP contribution in [0.4, 0.5) is 0 Å². The minimum Gasteiger partial charge on any atom is -0.497 e. The number of aliphatic hydroxyl groups excluding tert-OH is 1. The second-order valence-corrected chi connectivity index (χ2v) is 4.82. The number of methoxy groups -OCH3 is 1. The summed E-state index contributed by atoms with van der Waals surface area (Å²) in [4.78, 5) is 10.6. The summed E-state index contributed by atoms with van der Waals surface area (Å²) in [5.41, 5.74) is 1.16. The maximum Gasteiger partial charge on any atom is 0.150 e. The van der Waals surface area contributed by atoms with Gasteiger partial charge in [-0.15, -0.1) is 0 Å². The normalized spacial score (nSPS) is 11.8. The molecule has 110 valence electrons. The molecule has 4 nitrogen and oxygen atoms in total. The lowest BCUT2D eigenvalue weighted by molar-refractivity contribution is 0.108. The van der Waals surface area contributed by atoms with Crippen molar-refractivity contribution < 1.29 is 19.4 Å². The average molecular weight is 307 g/mol. The first-order chi connectivity index (χ1) is 10.1. The Hall–Kier alpha value is -2.04. The highest BCUT2D eigenvalue weighted by Gasteiger charge is 2.11. The maximum atomic E-state index is 10.6. The average Bonchev–Trinajstić information content (AvgIpc) is 2.53. The second kappa shape index (κ2) is 7.11. The van der Waals surface area contributed by atoms with Gasteiger partial charge < -0.3 is 14.6 Å². The van der Waals surface area contributed by atoms with Crippen molar-refractivity contribution in [2.24, 2.45) is 0 Å². The molecule has 0 bridgehead atoms. The van der Waals surface area contributed by atoms with Crippen LogP contribution in [0, 0.1) is 0 Å². The van der Waals surface area contributed by atoms with E-state index in [4.69, 9.17) is 21.1 Å². The van der Waals surface area contributed by atoms with Gasteiger partial charge in [0.05, 0.1) is 12.1 Å². The molecule has 1 atom stereocenters. The van der Waals surface area contributed by atoms with Gasteiger partial charge in [0, 0.05) is 5.56 Å². The first-order valence-electron chi connectivity index (χ1n) is 6.33. The molecule has 0 fully saturated rings. The number of aliphatic hydroxyl groups is 1. The van der Waals surface area contributed by atoms with Gasteiger partial charge in [-0.2, -0.15) is 0 Å². The topological polar surface area (TPSA) is 55.8 Å². The molecule has 0 saturated heterocycles. The van der Waals surface area contributed by atoms with E-state index in [-0.39, 0.29) is 6.61 Å². The van der Waals surface area contributed by atoms with Crippen LogP contribution in [0.2, 0.25) is 5.02 Å². The Balaban J connectivity index is 2.03. The summed E-state index contributed by atoms with van der Waals surface area (Å²) < 4.78 is 10.6. The number of ether oxygens (including phenoxy) is 2. The van der Waals surface area contributed by atoms with Gasteiger partial charge in [-0.3, -0.25) is 4.79 Å². The highest BCUT2D eigenvalue weighted by molar-refractivity contribution is 6.32. The summed E-state index contributed by atoms with van der Waals surface area (Å²) in [5.74, 6) is 1.09. The van der Waals surface area contributed by atoms with E-state index in [9.17, 15) is 9.90 Å². The van der Waals surface area contributed by atoms with Crippen LogP contribution in [0.15, 0.2) is 42.5 Å². The molecular formula is C16H15ClO4. The van der Waals surface area contributed by atoms with Crippen molar-refractivity contribution in [1.29, 1.82) is 0 Å². The standard InChI is InChI=1S/C16H15ClO4/c1-20-13-4-2-3-12(8-13)15(19)10-21-16-6-5-11(9-18)7-14(16)17/h2-9,15,19H,10H2,1H3. The van der Waals surface area contributed by atoms with E-state index in [1.54, 1.807) is 43.5 Å². The number of rotatable bonds is 6. The van der Waals surface area contributed by atoms with Crippen molar-refractivity contribution in [3.63, 3.8) is 0 Å². The predicted molar refractivity (Wildman–Crippen MR) is 80.3 cm³/mol. The van der Waals surface area contributed by atoms with Crippen LogP contribution >= 0.6 is 11.6 Å². The van der Waals surface area contributed by atoms with Gasteiger partial charge in [0.1, 0.15) is 30.5 Å². The highest BCUT2D eigenvalue weighted by Crippen LogP contribution is 2.26. The summed E-state index contributed by atoms with van der Waals surface area (Å²) in [7, 11) is 1.57. The molecule has 0 aliphatic heterocycles. The van der Waals surface area contributed by atoms with E-state index in [1.807, 2.05) is 0 Å². The lowest BCUT2D eigenvalue weighted by Crippen LogP contribution is -2.10. The van der Waals surface area contributed by atoms with E-state index < -0.39 is 6.10 Å². The minimum atomic E-state index is -0.804. The zero-order valence-corrected chi connectivity index (χ0v) is 12.2. The third-order valence-corrected chi connectivity index (χ3v) is 3.26. The molecular weight excluding hydrogens is 292 g/mol. The predicted octanol–water partition coefficient (Wildman–Crippen LogP) is 3.27. The number of aldehydes is 1. The second-order valence-electron chi connectivity index (χ2n) is 4.41. The fraction of sp³-hybridized carbons (Fsp3) is 0.188. The van der Waals surface area contributed by atoms with E-state index >= 15 is 0 Å². The Morgan fingerprint density at radius 3 is 2.76 bits per heavy atom. The smallest absolute Gasteiger partial charge is 0.150 e. The van der Waals surface area contributed by atoms with Crippen LogP contribution in [0.25, 0.3) is 0 Å². The van der Waals surface area contributed by atoms with Crippen molar-refractivity contribution in [1.82, 2.24) is 0 Å². The van der Waals surface area contributed by atoms with Crippen LogP contribution in [-0.2, 0) is 0 Å². The van der Waals surface area contributed by atoms with Gasteiger partial charge in [-0.05, 0) is 35.9 Å². The van der Waals surface area contributed by atoms with Gasteiger partial charge >= 0.3 is 0 Å². The Morgan fingerprint density at radius 2 is 2.10 bits per heavy atom. The zero-order valence-electron chi connectivity index (χ0n) is 11.5. The lowest BCUT2D eigenvalue weighted by Gasteiger charge is -2.14. The van der Waals surface area contributed by atoms with Crippen LogP contribution in [0.5, 0.6) is 11.5 Å². The first-order valence-corrected chi connectivity index (χ1v) is 6.71. The fourth-order valence-electron chi connectivity index (χ4n) is 1.82. The minimum absolute atomic E-state index is 0.0489. The molecule has 0 aliphatic rings. The van der Waals surface area contributed by atoms with Gasteiger partial charge in [0.2, 0.25) is 0 Å². The molecule has 0 aromatic heterocycles. The summed E-state index contributed by atoms with van der Waals surface area (Å²) >= 11 is 6.00. The number of carbonyl (C=O) groups is 1. The number of hydrogen-bond acceptors (Lipinski definition) is 4. The number of halogens is 1. The molecule has 1 N–H and O–H groups in total. The summed E-state index contributed by atoms with van der Waals surface area (Å²) in [6.07, 6.45) is -0.0947. The largest absolute Gasteiger partial charge is 0.497 e. The number of carbonyl (C=O) groups excluding carboxylic acids is 1. The Labute approximate surface area is 127 Å². The summed E-state index contributed by atoms with van der Waals surface area (Å²) in [6.45, 7) is 0.0489. The van der Waals surface area contributed by atoms with Crippen molar-refractivity contribution in [3.05, 3.63) is 58.6 Å². The van der Waals surface area contributed by atoms with E-state index in [1.165, 1.54) is 6.07 Å². The lowest BCUT2D eigenvalue weighted by atomic mass is 10.1. The third kappa shape index (κ3) is 3.97. The first kappa shape index (κ1) is 15.4. The van der Waals surface area contributed by atoms with E-state index in [0.717, 1.165) is 0 Å². The van der Waals surface area contributed by atoms with Gasteiger partial charge in [0.15, 0.2) is 0 Å². The quantitative estimate of drug-likeness (QED) is 0.832. The molecule has 21 heavy (non-hydrogen) atoms. The van der Waals surface area contributed by atoms with Crippen LogP contribution in [-0.4, -0.2) is 25.1 Å². The van der Waals surface area contributed by atoms with Gasteiger partial charge in [-0.1, -0.05) is 23.7 Å². The number of hydrogen-bond donors (Lipinski definition) is 1.